The van der Waals surface area contributed by atoms with Gasteiger partial charge in [-0.15, -0.1) is 0 Å². The van der Waals surface area contributed by atoms with Gasteiger partial charge in [-0.3, -0.25) is 0 Å². The molecule has 0 aromatic heterocycles. The Bertz CT molecular complexity index is 158. The number of allylic oxidation sites excluding steroid dienone is 2. The molecule has 0 saturated carbocycles. The van der Waals surface area contributed by atoms with E-state index in [4.69, 9.17) is 0 Å². The van der Waals surface area contributed by atoms with Crippen LogP contribution in [0, 0.1) is 0 Å². The molecule has 0 aromatic carbocycles. The van der Waals surface area contributed by atoms with Crippen LogP contribution in [0.15, 0.2) is 24.4 Å². The van der Waals surface area contributed by atoms with Crippen molar-refractivity contribution in [3.05, 3.63) is 24.4 Å². The average Bonchev–Trinajstić information content (AvgIpc) is 2.37. The second-order valence-electron chi connectivity index (χ2n) is 3.01. The minimum Gasteiger partial charge on any atom is -0.375 e. The molecular formula is C10H17N. The van der Waals surface area contributed by atoms with Crippen LogP contribution in [0.1, 0.15) is 26.2 Å². The van der Waals surface area contributed by atoms with Gasteiger partial charge >= 0.3 is 0 Å². The Balaban J connectivity index is 2.20. The first-order valence-electron chi connectivity index (χ1n) is 4.38. The Kier molecular flexibility index (Phi) is 3.21. The summed E-state index contributed by atoms with van der Waals surface area (Å²) in [4.78, 5) is 2.39. The Morgan fingerprint density at radius 2 is 2.45 bits per heavy atom. The van der Waals surface area contributed by atoms with Gasteiger partial charge in [0.25, 0.3) is 0 Å². The fourth-order valence-electron chi connectivity index (χ4n) is 1.46. The second-order valence-corrected chi connectivity index (χ2v) is 3.01. The molecule has 0 atom stereocenters. The first kappa shape index (κ1) is 8.38. The number of likely N-dealkylation sites (tertiary alicyclic amines) is 1. The highest BCUT2D eigenvalue weighted by Crippen LogP contribution is 2.18. The molecule has 0 radical (unpaired) electrons. The number of nitrogens with zero attached hydrogens (tertiary/aromatic N) is 1. The molecule has 0 bridgehead atoms. The van der Waals surface area contributed by atoms with Crippen LogP contribution in [0.3, 0.4) is 0 Å². The lowest BCUT2D eigenvalue weighted by Crippen LogP contribution is -2.17. The van der Waals surface area contributed by atoms with Gasteiger partial charge in [-0.25, -0.2) is 0 Å². The predicted molar refractivity (Wildman–Crippen MR) is 49.4 cm³/mol. The van der Waals surface area contributed by atoms with Gasteiger partial charge in [-0.1, -0.05) is 18.7 Å². The van der Waals surface area contributed by atoms with Crippen molar-refractivity contribution in [3.63, 3.8) is 0 Å². The quantitative estimate of drug-likeness (QED) is 0.560. The summed E-state index contributed by atoms with van der Waals surface area (Å²) in [6.45, 7) is 8.46. The van der Waals surface area contributed by atoms with E-state index >= 15 is 0 Å². The molecular weight excluding hydrogens is 134 g/mol. The van der Waals surface area contributed by atoms with E-state index in [0.717, 1.165) is 13.0 Å². The van der Waals surface area contributed by atoms with Gasteiger partial charge in [0.1, 0.15) is 0 Å². The standard InChI is InChI=1S/C10H17N/c1-3-4-5-8-11-9-6-7-10(11)2/h3-4H,2,5-9H2,1H3. The zero-order valence-corrected chi connectivity index (χ0v) is 7.34. The normalized spacial score (nSPS) is 18.6. The zero-order valence-electron chi connectivity index (χ0n) is 7.34. The minimum atomic E-state index is 1.16. The summed E-state index contributed by atoms with van der Waals surface area (Å²) in [5.74, 6) is 0. The third-order valence-electron chi connectivity index (χ3n) is 2.14. The smallest absolute Gasteiger partial charge is 0.0209 e. The summed E-state index contributed by atoms with van der Waals surface area (Å²) in [5, 5.41) is 0. The van der Waals surface area contributed by atoms with Gasteiger partial charge in [0, 0.05) is 18.8 Å². The minimum absolute atomic E-state index is 1.16. The highest BCUT2D eigenvalue weighted by Gasteiger charge is 2.12. The first-order valence-corrected chi connectivity index (χ1v) is 4.38. The van der Waals surface area contributed by atoms with Crippen LogP contribution in [0.2, 0.25) is 0 Å². The molecule has 0 unspecified atom stereocenters. The average molecular weight is 151 g/mol. The Morgan fingerprint density at radius 1 is 1.64 bits per heavy atom. The highest BCUT2D eigenvalue weighted by atomic mass is 15.1. The lowest BCUT2D eigenvalue weighted by Gasteiger charge is -2.17. The molecule has 0 spiro atoms. The van der Waals surface area contributed by atoms with E-state index in [2.05, 4.69) is 30.6 Å². The summed E-state index contributed by atoms with van der Waals surface area (Å²) in [6, 6.07) is 0. The second kappa shape index (κ2) is 4.22. The molecule has 0 N–H and O–H groups in total. The number of hydrogen-bond acceptors (Lipinski definition) is 1. The van der Waals surface area contributed by atoms with Crippen LogP contribution in [0.25, 0.3) is 0 Å². The predicted octanol–water partition coefficient (Wildman–Crippen LogP) is 2.56. The molecule has 1 heterocycles. The van der Waals surface area contributed by atoms with E-state index in [9.17, 15) is 0 Å². The number of hydrogen-bond donors (Lipinski definition) is 0. The van der Waals surface area contributed by atoms with Crippen LogP contribution in [0.5, 0.6) is 0 Å². The van der Waals surface area contributed by atoms with Gasteiger partial charge in [0.15, 0.2) is 0 Å². The van der Waals surface area contributed by atoms with Crippen molar-refractivity contribution < 1.29 is 0 Å². The molecule has 1 rings (SSSR count). The molecule has 0 aliphatic carbocycles. The molecule has 62 valence electrons. The molecule has 1 heteroatoms. The van der Waals surface area contributed by atoms with Gasteiger partial charge in [0.2, 0.25) is 0 Å². The maximum Gasteiger partial charge on any atom is 0.0209 e. The van der Waals surface area contributed by atoms with E-state index in [1.54, 1.807) is 0 Å². The molecule has 0 aromatic rings. The summed E-state index contributed by atoms with van der Waals surface area (Å²) in [7, 11) is 0. The largest absolute Gasteiger partial charge is 0.375 e. The van der Waals surface area contributed by atoms with Gasteiger partial charge in [-0.05, 0) is 26.2 Å². The van der Waals surface area contributed by atoms with Crippen LogP contribution < -0.4 is 0 Å². The van der Waals surface area contributed by atoms with E-state index in [0.29, 0.717) is 0 Å². The van der Waals surface area contributed by atoms with Crippen molar-refractivity contribution in [2.75, 3.05) is 13.1 Å². The van der Waals surface area contributed by atoms with Crippen molar-refractivity contribution in [1.82, 2.24) is 4.90 Å². The van der Waals surface area contributed by atoms with Crippen molar-refractivity contribution in [1.29, 1.82) is 0 Å². The fourth-order valence-corrected chi connectivity index (χ4v) is 1.46. The molecule has 1 aliphatic heterocycles. The zero-order chi connectivity index (χ0) is 8.10. The molecule has 1 saturated heterocycles. The number of rotatable bonds is 3. The van der Waals surface area contributed by atoms with E-state index in [-0.39, 0.29) is 0 Å². The van der Waals surface area contributed by atoms with E-state index in [1.807, 2.05) is 0 Å². The van der Waals surface area contributed by atoms with E-state index in [1.165, 1.54) is 25.1 Å². The first-order chi connectivity index (χ1) is 5.34. The lowest BCUT2D eigenvalue weighted by atomic mass is 10.3. The summed E-state index contributed by atoms with van der Waals surface area (Å²) in [6.07, 6.45) is 7.99. The van der Waals surface area contributed by atoms with Gasteiger partial charge < -0.3 is 4.90 Å². The molecule has 1 nitrogen and oxygen atoms in total. The third kappa shape index (κ3) is 2.41. The Labute approximate surface area is 69.4 Å². The van der Waals surface area contributed by atoms with Gasteiger partial charge in [0.05, 0.1) is 0 Å². The summed E-state index contributed by atoms with van der Waals surface area (Å²) < 4.78 is 0. The summed E-state index contributed by atoms with van der Waals surface area (Å²) >= 11 is 0. The lowest BCUT2D eigenvalue weighted by molar-refractivity contribution is 0.402. The van der Waals surface area contributed by atoms with Crippen LogP contribution in [-0.4, -0.2) is 18.0 Å². The molecule has 0 amide bonds. The van der Waals surface area contributed by atoms with Crippen LogP contribution in [-0.2, 0) is 0 Å². The van der Waals surface area contributed by atoms with Gasteiger partial charge in [-0.2, -0.15) is 0 Å². The third-order valence-corrected chi connectivity index (χ3v) is 2.14. The monoisotopic (exact) mass is 151 g/mol. The Morgan fingerprint density at radius 3 is 3.00 bits per heavy atom. The maximum atomic E-state index is 4.02. The molecule has 1 aliphatic rings. The molecule has 11 heavy (non-hydrogen) atoms. The van der Waals surface area contributed by atoms with Crippen molar-refractivity contribution >= 4 is 0 Å². The van der Waals surface area contributed by atoms with Crippen molar-refractivity contribution in [2.24, 2.45) is 0 Å². The highest BCUT2D eigenvalue weighted by molar-refractivity contribution is 4.99. The van der Waals surface area contributed by atoms with Crippen molar-refractivity contribution in [2.45, 2.75) is 26.2 Å². The van der Waals surface area contributed by atoms with Crippen LogP contribution in [0.4, 0.5) is 0 Å². The SMILES string of the molecule is C=C1CCCN1CCC=CC. The molecule has 1 fully saturated rings. The Hall–Kier alpha value is -0.720. The summed E-state index contributed by atoms with van der Waals surface area (Å²) in [5.41, 5.74) is 1.33. The fraction of sp³-hybridized carbons (Fsp3) is 0.600. The van der Waals surface area contributed by atoms with Crippen molar-refractivity contribution in [3.8, 4) is 0 Å². The topological polar surface area (TPSA) is 3.24 Å². The maximum absolute atomic E-state index is 4.02. The van der Waals surface area contributed by atoms with Crippen LogP contribution >= 0.6 is 0 Å². The van der Waals surface area contributed by atoms with E-state index < -0.39 is 0 Å².